The van der Waals surface area contributed by atoms with Crippen molar-refractivity contribution in [2.45, 2.75) is 18.9 Å². The van der Waals surface area contributed by atoms with E-state index in [0.29, 0.717) is 17.5 Å². The summed E-state index contributed by atoms with van der Waals surface area (Å²) in [5, 5.41) is 3.42. The number of nitrogens with one attached hydrogen (secondary N) is 1. The summed E-state index contributed by atoms with van der Waals surface area (Å²) in [6.07, 6.45) is 1.93. The predicted molar refractivity (Wildman–Crippen MR) is 63.1 cm³/mol. The molecular formula is C11H20N2O2S. The second kappa shape index (κ2) is 3.96. The Morgan fingerprint density at radius 1 is 1.12 bits per heavy atom. The van der Waals surface area contributed by atoms with Crippen LogP contribution in [0.1, 0.15) is 12.8 Å². The first-order valence-electron chi connectivity index (χ1n) is 6.29. The molecule has 3 fully saturated rings. The molecule has 3 atom stereocenters. The number of sulfone groups is 1. The standard InChI is InChI=1S/C11H20N2O2S/c14-16(15)3-1-2-11(8-16)13-6-9-4-12-5-10(9)7-13/h9-12H,1-8H2. The molecule has 0 saturated carbocycles. The molecule has 0 amide bonds. The molecule has 0 aromatic rings. The summed E-state index contributed by atoms with van der Waals surface area (Å²) in [4.78, 5) is 2.44. The highest BCUT2D eigenvalue weighted by atomic mass is 32.2. The van der Waals surface area contributed by atoms with Crippen molar-refractivity contribution in [1.29, 1.82) is 0 Å². The minimum Gasteiger partial charge on any atom is -0.316 e. The van der Waals surface area contributed by atoms with Crippen LogP contribution < -0.4 is 5.32 Å². The van der Waals surface area contributed by atoms with Crippen LogP contribution in [0.4, 0.5) is 0 Å². The van der Waals surface area contributed by atoms with Crippen molar-refractivity contribution in [3.63, 3.8) is 0 Å². The van der Waals surface area contributed by atoms with Crippen LogP contribution >= 0.6 is 0 Å². The largest absolute Gasteiger partial charge is 0.316 e. The quantitative estimate of drug-likeness (QED) is 0.689. The van der Waals surface area contributed by atoms with Gasteiger partial charge in [-0.25, -0.2) is 8.42 Å². The first-order chi connectivity index (χ1) is 7.64. The first-order valence-corrected chi connectivity index (χ1v) is 8.11. The van der Waals surface area contributed by atoms with E-state index in [1.807, 2.05) is 0 Å². The van der Waals surface area contributed by atoms with Crippen molar-refractivity contribution in [2.75, 3.05) is 37.7 Å². The van der Waals surface area contributed by atoms with Crippen molar-refractivity contribution in [3.05, 3.63) is 0 Å². The molecule has 0 radical (unpaired) electrons. The average Bonchev–Trinajstić information content (AvgIpc) is 2.74. The molecule has 16 heavy (non-hydrogen) atoms. The van der Waals surface area contributed by atoms with Gasteiger partial charge in [-0.05, 0) is 37.8 Å². The van der Waals surface area contributed by atoms with E-state index in [1.54, 1.807) is 0 Å². The number of rotatable bonds is 1. The molecule has 3 aliphatic rings. The van der Waals surface area contributed by atoms with Gasteiger partial charge < -0.3 is 5.32 Å². The number of nitrogens with zero attached hydrogens (tertiary/aromatic N) is 1. The Kier molecular flexibility index (Phi) is 2.72. The summed E-state index contributed by atoms with van der Waals surface area (Å²) in [5.41, 5.74) is 0. The van der Waals surface area contributed by atoms with Crippen molar-refractivity contribution in [1.82, 2.24) is 10.2 Å². The monoisotopic (exact) mass is 244 g/mol. The SMILES string of the molecule is O=S1(=O)CCCC(N2CC3CNCC3C2)C1. The van der Waals surface area contributed by atoms with Crippen molar-refractivity contribution < 1.29 is 8.42 Å². The summed E-state index contributed by atoms with van der Waals surface area (Å²) in [5.74, 6) is 2.35. The first kappa shape index (κ1) is 11.0. The normalized spacial score (nSPS) is 43.4. The van der Waals surface area contributed by atoms with E-state index >= 15 is 0 Å². The molecule has 5 heteroatoms. The third kappa shape index (κ3) is 2.00. The second-order valence-corrected chi connectivity index (χ2v) is 7.77. The maximum atomic E-state index is 11.6. The fourth-order valence-electron chi connectivity index (χ4n) is 3.48. The summed E-state index contributed by atoms with van der Waals surface area (Å²) >= 11 is 0. The lowest BCUT2D eigenvalue weighted by molar-refractivity contribution is 0.226. The second-order valence-electron chi connectivity index (χ2n) is 5.54. The Morgan fingerprint density at radius 2 is 1.81 bits per heavy atom. The smallest absolute Gasteiger partial charge is 0.151 e. The molecule has 3 saturated heterocycles. The van der Waals surface area contributed by atoms with E-state index < -0.39 is 9.84 Å². The molecule has 1 N–H and O–H groups in total. The average molecular weight is 244 g/mol. The molecule has 3 rings (SSSR count). The van der Waals surface area contributed by atoms with Gasteiger partial charge in [-0.2, -0.15) is 0 Å². The van der Waals surface area contributed by atoms with Gasteiger partial charge in [0.2, 0.25) is 0 Å². The fraction of sp³-hybridized carbons (Fsp3) is 1.00. The summed E-state index contributed by atoms with van der Waals surface area (Å²) in [7, 11) is -2.75. The Labute approximate surface area is 97.3 Å². The topological polar surface area (TPSA) is 49.4 Å². The highest BCUT2D eigenvalue weighted by molar-refractivity contribution is 7.91. The van der Waals surface area contributed by atoms with Gasteiger partial charge >= 0.3 is 0 Å². The van der Waals surface area contributed by atoms with Gasteiger partial charge in [0.05, 0.1) is 11.5 Å². The number of hydrogen-bond donors (Lipinski definition) is 1. The van der Waals surface area contributed by atoms with E-state index in [4.69, 9.17) is 0 Å². The molecular weight excluding hydrogens is 224 g/mol. The van der Waals surface area contributed by atoms with Gasteiger partial charge in [-0.3, -0.25) is 4.90 Å². The lowest BCUT2D eigenvalue weighted by Gasteiger charge is -2.31. The third-order valence-corrected chi connectivity index (χ3v) is 6.18. The molecule has 0 bridgehead atoms. The number of hydrogen-bond acceptors (Lipinski definition) is 4. The van der Waals surface area contributed by atoms with Crippen LogP contribution in [0.2, 0.25) is 0 Å². The van der Waals surface area contributed by atoms with Crippen LogP contribution in [0.5, 0.6) is 0 Å². The van der Waals surface area contributed by atoms with Gasteiger partial charge in [0.25, 0.3) is 0 Å². The van der Waals surface area contributed by atoms with Crippen LogP contribution in [0.25, 0.3) is 0 Å². The van der Waals surface area contributed by atoms with E-state index in [2.05, 4.69) is 10.2 Å². The highest BCUT2D eigenvalue weighted by Crippen LogP contribution is 2.30. The maximum Gasteiger partial charge on any atom is 0.151 e. The van der Waals surface area contributed by atoms with Gasteiger partial charge in [0.1, 0.15) is 0 Å². The zero-order valence-corrected chi connectivity index (χ0v) is 10.4. The van der Waals surface area contributed by atoms with Crippen LogP contribution in [0, 0.1) is 11.8 Å². The zero-order chi connectivity index (χ0) is 11.2. The van der Waals surface area contributed by atoms with E-state index in [1.165, 1.54) is 0 Å². The molecule has 0 aromatic carbocycles. The Bertz CT molecular complexity index is 356. The molecule has 3 unspecified atom stereocenters. The van der Waals surface area contributed by atoms with E-state index in [9.17, 15) is 8.42 Å². The van der Waals surface area contributed by atoms with Crippen molar-refractivity contribution in [2.24, 2.45) is 11.8 Å². The zero-order valence-electron chi connectivity index (χ0n) is 9.56. The molecule has 0 aliphatic carbocycles. The fourth-order valence-corrected chi connectivity index (χ4v) is 5.21. The van der Waals surface area contributed by atoms with Gasteiger partial charge in [-0.1, -0.05) is 0 Å². The van der Waals surface area contributed by atoms with E-state index in [0.717, 1.165) is 50.9 Å². The molecule has 3 heterocycles. The maximum absolute atomic E-state index is 11.6. The molecule has 92 valence electrons. The van der Waals surface area contributed by atoms with Gasteiger partial charge in [0.15, 0.2) is 9.84 Å². The third-order valence-electron chi connectivity index (χ3n) is 4.37. The van der Waals surface area contributed by atoms with Crippen LogP contribution in [-0.4, -0.2) is 57.0 Å². The van der Waals surface area contributed by atoms with Gasteiger partial charge in [0, 0.05) is 19.1 Å². The summed E-state index contributed by atoms with van der Waals surface area (Å²) in [6.45, 7) is 4.47. The van der Waals surface area contributed by atoms with Gasteiger partial charge in [-0.15, -0.1) is 0 Å². The summed E-state index contributed by atoms with van der Waals surface area (Å²) in [6, 6.07) is 0.310. The van der Waals surface area contributed by atoms with Crippen LogP contribution in [0.15, 0.2) is 0 Å². The molecule has 0 aromatic heterocycles. The van der Waals surface area contributed by atoms with Crippen molar-refractivity contribution >= 4 is 9.84 Å². The van der Waals surface area contributed by atoms with Crippen LogP contribution in [-0.2, 0) is 9.84 Å². The number of fused-ring (bicyclic) bond motifs is 1. The molecule has 4 nitrogen and oxygen atoms in total. The van der Waals surface area contributed by atoms with Crippen molar-refractivity contribution in [3.8, 4) is 0 Å². The Balaban J connectivity index is 1.66. The minimum absolute atomic E-state index is 0.310. The van der Waals surface area contributed by atoms with E-state index in [-0.39, 0.29) is 0 Å². The Hall–Kier alpha value is -0.130. The molecule has 3 aliphatic heterocycles. The Morgan fingerprint density at radius 3 is 2.44 bits per heavy atom. The minimum atomic E-state index is -2.75. The predicted octanol–water partition coefficient (Wildman–Crippen LogP) is -0.285. The molecule has 0 spiro atoms. The lowest BCUT2D eigenvalue weighted by atomic mass is 10.0. The summed E-state index contributed by atoms with van der Waals surface area (Å²) < 4.78 is 23.3. The lowest BCUT2D eigenvalue weighted by Crippen LogP contribution is -2.43. The van der Waals surface area contributed by atoms with Crippen LogP contribution in [0.3, 0.4) is 0 Å². The highest BCUT2D eigenvalue weighted by Gasteiger charge is 2.40. The number of likely N-dealkylation sites (tertiary alicyclic amines) is 1.